The molecule has 0 heterocycles. The maximum atomic E-state index is 13.9. The summed E-state index contributed by atoms with van der Waals surface area (Å²) in [4.78, 5) is 0. The van der Waals surface area contributed by atoms with E-state index in [2.05, 4.69) is 5.32 Å². The van der Waals surface area contributed by atoms with Crippen LogP contribution in [0.25, 0.3) is 0 Å². The maximum absolute atomic E-state index is 13.9. The minimum Gasteiger partial charge on any atom is -0.309 e. The molecule has 0 saturated heterocycles. The molecule has 1 rings (SSSR count). The van der Waals surface area contributed by atoms with Gasteiger partial charge in [0.15, 0.2) is 0 Å². The molecule has 0 bridgehead atoms. The largest absolute Gasteiger partial charge is 0.309 e. The van der Waals surface area contributed by atoms with Crippen LogP contribution in [-0.4, -0.2) is 6.54 Å². The molecule has 0 aliphatic carbocycles. The summed E-state index contributed by atoms with van der Waals surface area (Å²) in [7, 11) is 0. The first kappa shape index (κ1) is 15.4. The van der Waals surface area contributed by atoms with E-state index in [0.29, 0.717) is 5.56 Å². The first-order valence-electron chi connectivity index (χ1n) is 6.15. The molecule has 1 nitrogen and oxygen atoms in total. The van der Waals surface area contributed by atoms with E-state index < -0.39 is 11.6 Å². The molecular weight excluding hydrogens is 256 g/mol. The minimum absolute atomic E-state index is 0.181. The lowest BCUT2D eigenvalue weighted by Crippen LogP contribution is -2.33. The van der Waals surface area contributed by atoms with Crippen LogP contribution in [0.3, 0.4) is 0 Å². The summed E-state index contributed by atoms with van der Waals surface area (Å²) in [5.74, 6) is -1.05. The second kappa shape index (κ2) is 5.98. The van der Waals surface area contributed by atoms with E-state index in [1.165, 1.54) is 6.07 Å². The molecule has 1 unspecified atom stereocenters. The molecule has 0 aliphatic heterocycles. The zero-order chi connectivity index (χ0) is 13.9. The van der Waals surface area contributed by atoms with Crippen molar-refractivity contribution in [2.24, 2.45) is 5.41 Å². The van der Waals surface area contributed by atoms with Crippen molar-refractivity contribution >= 4 is 11.6 Å². The van der Waals surface area contributed by atoms with E-state index >= 15 is 0 Å². The third kappa shape index (κ3) is 3.66. The number of nitrogens with one attached hydrogen (secondary N) is 1. The summed E-state index contributed by atoms with van der Waals surface area (Å²) >= 11 is 5.57. The van der Waals surface area contributed by atoms with Crippen molar-refractivity contribution in [3.63, 3.8) is 0 Å². The van der Waals surface area contributed by atoms with E-state index in [0.717, 1.165) is 19.0 Å². The number of hydrogen-bond donors (Lipinski definition) is 1. The van der Waals surface area contributed by atoms with Crippen LogP contribution in [0.4, 0.5) is 8.78 Å². The second-order valence-corrected chi connectivity index (χ2v) is 5.95. The Bertz CT molecular complexity index is 413. The molecule has 0 aliphatic rings. The van der Waals surface area contributed by atoms with Crippen molar-refractivity contribution in [1.82, 2.24) is 5.32 Å². The first-order chi connectivity index (χ1) is 8.27. The average molecular weight is 276 g/mol. The highest BCUT2D eigenvalue weighted by Gasteiger charge is 2.28. The van der Waals surface area contributed by atoms with Gasteiger partial charge in [0.25, 0.3) is 0 Å². The Morgan fingerprint density at radius 2 is 1.83 bits per heavy atom. The SMILES string of the molecule is CCCNC(c1cc(F)c(Cl)cc1F)C(C)(C)C. The summed E-state index contributed by atoms with van der Waals surface area (Å²) in [5, 5.41) is 3.08. The Labute approximate surface area is 113 Å². The Morgan fingerprint density at radius 1 is 1.22 bits per heavy atom. The first-order valence-corrected chi connectivity index (χ1v) is 6.53. The van der Waals surface area contributed by atoms with Gasteiger partial charge in [-0.1, -0.05) is 39.3 Å². The van der Waals surface area contributed by atoms with E-state index in [1.54, 1.807) is 0 Å². The molecule has 0 saturated carbocycles. The topological polar surface area (TPSA) is 12.0 Å². The van der Waals surface area contributed by atoms with Crippen LogP contribution in [0.15, 0.2) is 12.1 Å². The van der Waals surface area contributed by atoms with Crippen LogP contribution in [-0.2, 0) is 0 Å². The molecule has 0 aromatic heterocycles. The molecule has 1 N–H and O–H groups in total. The van der Waals surface area contributed by atoms with Gasteiger partial charge in [-0.25, -0.2) is 8.78 Å². The lowest BCUT2D eigenvalue weighted by atomic mass is 9.82. The van der Waals surface area contributed by atoms with Gasteiger partial charge in [-0.2, -0.15) is 0 Å². The lowest BCUT2D eigenvalue weighted by molar-refractivity contribution is 0.266. The van der Waals surface area contributed by atoms with Gasteiger partial charge in [-0.3, -0.25) is 0 Å². The van der Waals surface area contributed by atoms with E-state index in [-0.39, 0.29) is 16.5 Å². The van der Waals surface area contributed by atoms with Crippen LogP contribution < -0.4 is 5.32 Å². The Hall–Kier alpha value is -0.670. The molecule has 4 heteroatoms. The van der Waals surface area contributed by atoms with Gasteiger partial charge in [0.05, 0.1) is 5.02 Å². The standard InChI is InChI=1S/C14H20ClF2N/c1-5-6-18-13(14(2,3)4)9-7-12(17)10(15)8-11(9)16/h7-8,13,18H,5-6H2,1-4H3. The Kier molecular flexibility index (Phi) is 5.11. The predicted octanol–water partition coefficient (Wildman–Crippen LogP) is 4.71. The predicted molar refractivity (Wildman–Crippen MR) is 71.9 cm³/mol. The van der Waals surface area contributed by atoms with Gasteiger partial charge in [-0.05, 0) is 30.5 Å². The average Bonchev–Trinajstić information content (AvgIpc) is 2.24. The number of benzene rings is 1. The van der Waals surface area contributed by atoms with Gasteiger partial charge in [0, 0.05) is 11.6 Å². The van der Waals surface area contributed by atoms with Crippen molar-refractivity contribution in [3.8, 4) is 0 Å². The van der Waals surface area contributed by atoms with Crippen LogP contribution in [0.2, 0.25) is 5.02 Å². The van der Waals surface area contributed by atoms with Crippen molar-refractivity contribution in [1.29, 1.82) is 0 Å². The van der Waals surface area contributed by atoms with Crippen molar-refractivity contribution < 1.29 is 8.78 Å². The Morgan fingerprint density at radius 3 is 2.33 bits per heavy atom. The fraction of sp³-hybridized carbons (Fsp3) is 0.571. The molecule has 0 fully saturated rings. The summed E-state index contributed by atoms with van der Waals surface area (Å²) in [5.41, 5.74) is 0.119. The van der Waals surface area contributed by atoms with Crippen LogP contribution in [0.5, 0.6) is 0 Å². The molecule has 1 aromatic rings. The molecule has 1 atom stereocenters. The highest BCUT2D eigenvalue weighted by atomic mass is 35.5. The van der Waals surface area contributed by atoms with Crippen molar-refractivity contribution in [2.75, 3.05) is 6.54 Å². The van der Waals surface area contributed by atoms with Crippen molar-refractivity contribution in [2.45, 2.75) is 40.2 Å². The second-order valence-electron chi connectivity index (χ2n) is 5.54. The van der Waals surface area contributed by atoms with Gasteiger partial charge in [0.1, 0.15) is 11.6 Å². The van der Waals surface area contributed by atoms with Crippen LogP contribution >= 0.6 is 11.6 Å². The smallest absolute Gasteiger partial charge is 0.142 e. The third-order valence-electron chi connectivity index (χ3n) is 2.82. The minimum atomic E-state index is -0.583. The number of halogens is 3. The molecule has 0 radical (unpaired) electrons. The van der Waals surface area contributed by atoms with Gasteiger partial charge >= 0.3 is 0 Å². The molecule has 1 aromatic carbocycles. The summed E-state index contributed by atoms with van der Waals surface area (Å²) in [6.07, 6.45) is 0.935. The third-order valence-corrected chi connectivity index (χ3v) is 3.10. The summed E-state index contributed by atoms with van der Waals surface area (Å²) in [6, 6.07) is 1.98. The number of hydrogen-bond acceptors (Lipinski definition) is 1. The fourth-order valence-corrected chi connectivity index (χ4v) is 2.08. The highest BCUT2D eigenvalue weighted by molar-refractivity contribution is 6.30. The van der Waals surface area contributed by atoms with E-state index in [9.17, 15) is 8.78 Å². The van der Waals surface area contributed by atoms with Gasteiger partial charge in [-0.15, -0.1) is 0 Å². The molecular formula is C14H20ClF2N. The van der Waals surface area contributed by atoms with Gasteiger partial charge < -0.3 is 5.32 Å². The fourth-order valence-electron chi connectivity index (χ4n) is 1.93. The maximum Gasteiger partial charge on any atom is 0.142 e. The highest BCUT2D eigenvalue weighted by Crippen LogP contribution is 2.35. The number of rotatable bonds is 4. The van der Waals surface area contributed by atoms with E-state index in [1.807, 2.05) is 27.7 Å². The van der Waals surface area contributed by atoms with Crippen molar-refractivity contribution in [3.05, 3.63) is 34.4 Å². The van der Waals surface area contributed by atoms with Crippen LogP contribution in [0.1, 0.15) is 45.7 Å². The summed E-state index contributed by atoms with van der Waals surface area (Å²) < 4.78 is 27.5. The summed E-state index contributed by atoms with van der Waals surface area (Å²) in [6.45, 7) is 8.77. The molecule has 18 heavy (non-hydrogen) atoms. The van der Waals surface area contributed by atoms with E-state index in [4.69, 9.17) is 11.6 Å². The zero-order valence-electron chi connectivity index (χ0n) is 11.3. The monoisotopic (exact) mass is 275 g/mol. The molecule has 0 spiro atoms. The van der Waals surface area contributed by atoms with Crippen LogP contribution in [0, 0.1) is 17.0 Å². The quantitative estimate of drug-likeness (QED) is 0.785. The Balaban J connectivity index is 3.16. The molecule has 102 valence electrons. The zero-order valence-corrected chi connectivity index (χ0v) is 12.0. The normalized spacial score (nSPS) is 13.7. The molecule has 0 amide bonds. The van der Waals surface area contributed by atoms with Gasteiger partial charge in [0.2, 0.25) is 0 Å². The lowest BCUT2D eigenvalue weighted by Gasteiger charge is -2.32.